The zero-order chi connectivity index (χ0) is 19.3. The van der Waals surface area contributed by atoms with E-state index in [1.807, 2.05) is 12.1 Å². The maximum Gasteiger partial charge on any atom is 0.224 e. The van der Waals surface area contributed by atoms with Crippen LogP contribution in [0.3, 0.4) is 0 Å². The van der Waals surface area contributed by atoms with Crippen molar-refractivity contribution >= 4 is 17.3 Å². The number of anilines is 2. The van der Waals surface area contributed by atoms with Crippen molar-refractivity contribution in [2.24, 2.45) is 0 Å². The number of hydrogen-bond acceptors (Lipinski definition) is 3. The van der Waals surface area contributed by atoms with E-state index in [0.29, 0.717) is 6.42 Å². The van der Waals surface area contributed by atoms with Crippen LogP contribution in [0.1, 0.15) is 31.2 Å². The van der Waals surface area contributed by atoms with E-state index in [9.17, 15) is 9.18 Å². The largest absolute Gasteiger partial charge is 0.369 e. The summed E-state index contributed by atoms with van der Waals surface area (Å²) in [7, 11) is 0. The molecule has 0 aromatic heterocycles. The van der Waals surface area contributed by atoms with E-state index in [0.717, 1.165) is 56.3 Å². The van der Waals surface area contributed by atoms with E-state index >= 15 is 0 Å². The Kier molecular flexibility index (Phi) is 5.91. The molecule has 2 fully saturated rings. The van der Waals surface area contributed by atoms with Gasteiger partial charge in [0.25, 0.3) is 0 Å². The van der Waals surface area contributed by atoms with Crippen LogP contribution < -0.4 is 10.2 Å². The van der Waals surface area contributed by atoms with Crippen LogP contribution in [0.5, 0.6) is 0 Å². The van der Waals surface area contributed by atoms with Crippen molar-refractivity contribution in [2.45, 2.75) is 38.1 Å². The molecule has 1 saturated heterocycles. The summed E-state index contributed by atoms with van der Waals surface area (Å²) in [4.78, 5) is 17.2. The molecule has 1 heterocycles. The van der Waals surface area contributed by atoms with Gasteiger partial charge < -0.3 is 10.2 Å². The molecule has 1 aliphatic heterocycles. The Bertz CT molecular complexity index is 778. The molecule has 4 rings (SSSR count). The van der Waals surface area contributed by atoms with Gasteiger partial charge in [0.05, 0.1) is 0 Å². The first-order valence-electron chi connectivity index (χ1n) is 10.3. The predicted molar refractivity (Wildman–Crippen MR) is 111 cm³/mol. The van der Waals surface area contributed by atoms with Crippen LogP contribution in [0.15, 0.2) is 48.5 Å². The highest BCUT2D eigenvalue weighted by atomic mass is 19.1. The Morgan fingerprint density at radius 2 is 1.64 bits per heavy atom. The summed E-state index contributed by atoms with van der Waals surface area (Å²) in [6, 6.07) is 15.5. The number of rotatable bonds is 7. The first-order valence-corrected chi connectivity index (χ1v) is 10.3. The number of nitrogens with one attached hydrogen (secondary N) is 1. The van der Waals surface area contributed by atoms with Crippen LogP contribution in [-0.4, -0.2) is 43.0 Å². The number of halogens is 1. The van der Waals surface area contributed by atoms with Crippen molar-refractivity contribution in [1.29, 1.82) is 0 Å². The van der Waals surface area contributed by atoms with E-state index < -0.39 is 0 Å². The molecule has 0 spiro atoms. The van der Waals surface area contributed by atoms with Gasteiger partial charge in [0, 0.05) is 50.0 Å². The summed E-state index contributed by atoms with van der Waals surface area (Å²) < 4.78 is 12.9. The lowest BCUT2D eigenvalue weighted by molar-refractivity contribution is -0.116. The van der Waals surface area contributed by atoms with Crippen molar-refractivity contribution in [1.82, 2.24) is 4.90 Å². The highest BCUT2D eigenvalue weighted by Crippen LogP contribution is 2.28. The highest BCUT2D eigenvalue weighted by Gasteiger charge is 2.31. The average Bonchev–Trinajstić information content (AvgIpc) is 3.56. The Morgan fingerprint density at radius 3 is 2.29 bits per heavy atom. The van der Waals surface area contributed by atoms with Gasteiger partial charge in [-0.2, -0.15) is 0 Å². The first-order chi connectivity index (χ1) is 13.7. The van der Waals surface area contributed by atoms with E-state index in [-0.39, 0.29) is 11.7 Å². The Labute approximate surface area is 166 Å². The lowest BCUT2D eigenvalue weighted by Gasteiger charge is -2.36. The third kappa shape index (κ3) is 5.10. The Hall–Kier alpha value is -2.40. The summed E-state index contributed by atoms with van der Waals surface area (Å²) in [5, 5.41) is 2.97. The summed E-state index contributed by atoms with van der Waals surface area (Å²) in [6.07, 6.45) is 4.74. The molecule has 148 valence electrons. The van der Waals surface area contributed by atoms with Gasteiger partial charge in [0.15, 0.2) is 0 Å². The second-order valence-electron chi connectivity index (χ2n) is 7.83. The molecule has 0 unspecified atom stereocenters. The zero-order valence-corrected chi connectivity index (χ0v) is 16.2. The van der Waals surface area contributed by atoms with Crippen LogP contribution in [0.25, 0.3) is 0 Å². The van der Waals surface area contributed by atoms with E-state index in [4.69, 9.17) is 0 Å². The van der Waals surface area contributed by atoms with Gasteiger partial charge in [0.1, 0.15) is 5.82 Å². The van der Waals surface area contributed by atoms with Crippen LogP contribution in [-0.2, 0) is 11.2 Å². The van der Waals surface area contributed by atoms with Crippen molar-refractivity contribution in [2.75, 3.05) is 36.4 Å². The second kappa shape index (κ2) is 8.74. The topological polar surface area (TPSA) is 35.6 Å². The molecule has 1 aliphatic carbocycles. The fourth-order valence-corrected chi connectivity index (χ4v) is 3.87. The summed E-state index contributed by atoms with van der Waals surface area (Å²) in [6.45, 7) is 4.45. The van der Waals surface area contributed by atoms with Crippen LogP contribution in [0, 0.1) is 5.82 Å². The molecule has 5 heteroatoms. The predicted octanol–water partition coefficient (Wildman–Crippen LogP) is 4.07. The highest BCUT2D eigenvalue weighted by molar-refractivity contribution is 5.90. The third-order valence-electron chi connectivity index (χ3n) is 5.68. The molecule has 0 bridgehead atoms. The lowest BCUT2D eigenvalue weighted by atomic mass is 10.1. The first kappa shape index (κ1) is 18.9. The number of carbonyl (C=O) groups excluding carboxylic acids is 1. The van der Waals surface area contributed by atoms with Gasteiger partial charge in [-0.25, -0.2) is 4.39 Å². The summed E-state index contributed by atoms with van der Waals surface area (Å²) >= 11 is 0. The molecule has 2 aliphatic rings. The maximum atomic E-state index is 12.9. The van der Waals surface area contributed by atoms with E-state index in [1.165, 1.54) is 30.7 Å². The molecular weight excluding hydrogens is 353 g/mol. The standard InChI is InChI=1S/C23H28FN3O/c24-19-6-4-18(5-7-19)2-1-3-23(28)25-20-8-10-21(11-9-20)26-14-16-27(17-15-26)22-12-13-22/h4-11,22H,1-3,12-17H2,(H,25,28). The molecule has 2 aromatic rings. The minimum atomic E-state index is -0.227. The van der Waals surface area contributed by atoms with Gasteiger partial charge >= 0.3 is 0 Å². The maximum absolute atomic E-state index is 12.9. The fraction of sp³-hybridized carbons (Fsp3) is 0.435. The summed E-state index contributed by atoms with van der Waals surface area (Å²) in [5.41, 5.74) is 3.12. The number of hydrogen-bond donors (Lipinski definition) is 1. The molecule has 0 radical (unpaired) electrons. The van der Waals surface area contributed by atoms with E-state index in [2.05, 4.69) is 27.2 Å². The molecule has 0 atom stereocenters. The van der Waals surface area contributed by atoms with Crippen molar-refractivity contribution in [3.8, 4) is 0 Å². The van der Waals surface area contributed by atoms with Crippen LogP contribution >= 0.6 is 0 Å². The quantitative estimate of drug-likeness (QED) is 0.785. The number of aryl methyl sites for hydroxylation is 1. The van der Waals surface area contributed by atoms with Crippen molar-refractivity contribution < 1.29 is 9.18 Å². The van der Waals surface area contributed by atoms with E-state index in [1.54, 1.807) is 12.1 Å². The Balaban J connectivity index is 1.20. The second-order valence-corrected chi connectivity index (χ2v) is 7.83. The summed E-state index contributed by atoms with van der Waals surface area (Å²) in [5.74, 6) is -0.206. The van der Waals surface area contributed by atoms with Crippen molar-refractivity contribution in [3.63, 3.8) is 0 Å². The minimum absolute atomic E-state index is 0.0212. The third-order valence-corrected chi connectivity index (χ3v) is 5.68. The van der Waals surface area contributed by atoms with Crippen LogP contribution in [0.4, 0.5) is 15.8 Å². The van der Waals surface area contributed by atoms with Gasteiger partial charge in [-0.15, -0.1) is 0 Å². The molecular formula is C23H28FN3O. The van der Waals surface area contributed by atoms with Gasteiger partial charge in [-0.3, -0.25) is 9.69 Å². The SMILES string of the molecule is O=C(CCCc1ccc(F)cc1)Nc1ccc(N2CCN(C3CC3)CC2)cc1. The monoisotopic (exact) mass is 381 g/mol. The Morgan fingerprint density at radius 1 is 0.964 bits per heavy atom. The number of piperazine rings is 1. The minimum Gasteiger partial charge on any atom is -0.369 e. The number of benzene rings is 2. The smallest absolute Gasteiger partial charge is 0.224 e. The normalized spacial score (nSPS) is 17.5. The van der Waals surface area contributed by atoms with Crippen LogP contribution in [0.2, 0.25) is 0 Å². The fourth-order valence-electron chi connectivity index (χ4n) is 3.87. The molecule has 1 N–H and O–H groups in total. The van der Waals surface area contributed by atoms with Gasteiger partial charge in [-0.05, 0) is 67.6 Å². The molecule has 1 amide bonds. The average molecular weight is 381 g/mol. The molecule has 1 saturated carbocycles. The molecule has 2 aromatic carbocycles. The van der Waals surface area contributed by atoms with Gasteiger partial charge in [-0.1, -0.05) is 12.1 Å². The molecule has 4 nitrogen and oxygen atoms in total. The number of carbonyl (C=O) groups is 1. The lowest BCUT2D eigenvalue weighted by Crippen LogP contribution is -2.47. The van der Waals surface area contributed by atoms with Crippen molar-refractivity contribution in [3.05, 3.63) is 59.9 Å². The molecule has 28 heavy (non-hydrogen) atoms. The number of amides is 1. The van der Waals surface area contributed by atoms with Gasteiger partial charge in [0.2, 0.25) is 5.91 Å². The number of nitrogens with zero attached hydrogens (tertiary/aromatic N) is 2. The zero-order valence-electron chi connectivity index (χ0n) is 16.2.